The highest BCUT2D eigenvalue weighted by Gasteiger charge is 2.22. The maximum Gasteiger partial charge on any atom is 0.0861 e. The van der Waals surface area contributed by atoms with Crippen molar-refractivity contribution >= 4 is 0 Å². The van der Waals surface area contributed by atoms with Crippen LogP contribution in [-0.2, 0) is 0 Å². The molecule has 6 N–H and O–H groups in total. The molecule has 0 heterocycles. The van der Waals surface area contributed by atoms with E-state index in [9.17, 15) is 0 Å². The summed E-state index contributed by atoms with van der Waals surface area (Å²) in [5.41, 5.74) is 0. The van der Waals surface area contributed by atoms with Crippen molar-refractivity contribution in [3.05, 3.63) is 20.2 Å². The van der Waals surface area contributed by atoms with E-state index >= 15 is 0 Å². The lowest BCUT2D eigenvalue weighted by atomic mass is 9.91. The first-order valence-electron chi connectivity index (χ1n) is 7.03. The molecule has 2 rings (SSSR count). The fourth-order valence-corrected chi connectivity index (χ4v) is 3.04. The van der Waals surface area contributed by atoms with E-state index in [0.717, 1.165) is 22.8 Å². The van der Waals surface area contributed by atoms with Crippen LogP contribution in [0.2, 0.25) is 0 Å². The minimum Gasteiger partial charge on any atom is -0.444 e. The Morgan fingerprint density at radius 1 is 0.700 bits per heavy atom. The zero-order chi connectivity index (χ0) is 14.3. The number of quaternary nitrogens is 2. The molecule has 0 aromatic rings. The van der Waals surface area contributed by atoms with Crippen molar-refractivity contribution in [3.8, 4) is 0 Å². The molecular weight excluding hydrogens is 264 g/mol. The number of hydrogen-bond acceptors (Lipinski definition) is 6. The molecule has 0 radical (unpaired) electrons. The van der Waals surface area contributed by atoms with E-state index in [4.69, 9.17) is 20.2 Å². The molecule has 2 saturated carbocycles. The molecule has 0 unspecified atom stereocenters. The highest BCUT2D eigenvalue weighted by Crippen LogP contribution is 2.18. The first-order chi connectivity index (χ1) is 9.28. The maximum atomic E-state index is 8.00. The van der Waals surface area contributed by atoms with Crippen LogP contribution in [0.4, 0.5) is 0 Å². The molecule has 0 aromatic carbocycles. The van der Waals surface area contributed by atoms with Gasteiger partial charge in [-0.1, -0.05) is 12.8 Å². The second kappa shape index (κ2) is 15.8. The molecule has 0 amide bonds. The zero-order valence-electron chi connectivity index (χ0n) is 12.3. The normalized spacial score (nSPS) is 19.2. The molecule has 0 atom stereocenters. The Morgan fingerprint density at radius 2 is 0.950 bits per heavy atom. The first kappa shape index (κ1) is 21.0. The van der Waals surface area contributed by atoms with Gasteiger partial charge in [0.1, 0.15) is 0 Å². The van der Waals surface area contributed by atoms with E-state index in [0.29, 0.717) is 0 Å². The van der Waals surface area contributed by atoms with Crippen LogP contribution in [0.25, 0.3) is 0 Å². The van der Waals surface area contributed by atoms with Gasteiger partial charge >= 0.3 is 0 Å². The van der Waals surface area contributed by atoms with E-state index in [1.165, 1.54) is 64.2 Å². The lowest BCUT2D eigenvalue weighted by molar-refractivity contribution is -0.725. The molecule has 0 aliphatic heterocycles. The third-order valence-corrected chi connectivity index (χ3v) is 3.84. The van der Waals surface area contributed by atoms with Gasteiger partial charge in [0, 0.05) is 0 Å². The summed E-state index contributed by atoms with van der Waals surface area (Å²) in [6.45, 7) is 0. The van der Waals surface area contributed by atoms with Crippen LogP contribution in [0.3, 0.4) is 0 Å². The minimum atomic E-state index is 0. The molecule has 0 aromatic heterocycles. The number of nitrogens with two attached hydrogens (primary N) is 1. The Bertz CT molecular complexity index is 198. The average Bonchev–Trinajstić information content (AvgIpc) is 2.43. The SMILES string of the molecule is C1CCC([NH2+]C2CCCCC2)CC1.O=N[O-].O=N[O-].[NH4+]. The van der Waals surface area contributed by atoms with E-state index in [2.05, 4.69) is 5.32 Å². The molecule has 20 heavy (non-hydrogen) atoms. The summed E-state index contributed by atoms with van der Waals surface area (Å²) in [6.07, 6.45) is 15.0. The second-order valence-corrected chi connectivity index (χ2v) is 5.14. The highest BCUT2D eigenvalue weighted by atomic mass is 16.6. The van der Waals surface area contributed by atoms with Crippen molar-refractivity contribution in [3.63, 3.8) is 0 Å². The smallest absolute Gasteiger partial charge is 0.0861 e. The number of hydrogen-bond donors (Lipinski definition) is 2. The van der Waals surface area contributed by atoms with Crippen LogP contribution in [0, 0.1) is 20.2 Å². The van der Waals surface area contributed by atoms with Gasteiger partial charge < -0.3 is 31.7 Å². The van der Waals surface area contributed by atoms with Crippen LogP contribution < -0.4 is 11.5 Å². The van der Waals surface area contributed by atoms with E-state index in [1.54, 1.807) is 0 Å². The second-order valence-electron chi connectivity index (χ2n) is 5.14. The van der Waals surface area contributed by atoms with Crippen molar-refractivity contribution in [2.45, 2.75) is 76.3 Å². The molecule has 120 valence electrons. The number of rotatable bonds is 2. The van der Waals surface area contributed by atoms with Crippen molar-refractivity contribution in [2.24, 2.45) is 10.7 Å². The van der Waals surface area contributed by atoms with Gasteiger partial charge in [0.15, 0.2) is 0 Å². The molecule has 8 nitrogen and oxygen atoms in total. The average molecular weight is 292 g/mol. The third kappa shape index (κ3) is 11.8. The molecule has 0 spiro atoms. The fourth-order valence-electron chi connectivity index (χ4n) is 3.04. The molecule has 2 aliphatic rings. The summed E-state index contributed by atoms with van der Waals surface area (Å²) >= 11 is 0. The van der Waals surface area contributed by atoms with E-state index in [-0.39, 0.29) is 6.15 Å². The summed E-state index contributed by atoms with van der Waals surface area (Å²) in [5, 5.41) is 20.7. The van der Waals surface area contributed by atoms with Gasteiger partial charge in [-0.05, 0) is 51.4 Å². The van der Waals surface area contributed by atoms with Crippen LogP contribution in [0.5, 0.6) is 0 Å². The van der Waals surface area contributed by atoms with Gasteiger partial charge in [-0.15, -0.1) is 10.7 Å². The summed E-state index contributed by atoms with van der Waals surface area (Å²) < 4.78 is 0. The molecule has 2 fully saturated rings. The van der Waals surface area contributed by atoms with E-state index in [1.807, 2.05) is 0 Å². The monoisotopic (exact) mass is 292 g/mol. The summed E-state index contributed by atoms with van der Waals surface area (Å²) in [6, 6.07) is 1.99. The van der Waals surface area contributed by atoms with Gasteiger partial charge in [-0.2, -0.15) is 0 Å². The predicted molar refractivity (Wildman–Crippen MR) is 80.0 cm³/mol. The van der Waals surface area contributed by atoms with Crippen LogP contribution >= 0.6 is 0 Å². The first-order valence-corrected chi connectivity index (χ1v) is 7.03. The summed E-state index contributed by atoms with van der Waals surface area (Å²) in [5.74, 6) is 0. The Balaban J connectivity index is 0. The fraction of sp³-hybridized carbons (Fsp3) is 1.00. The highest BCUT2D eigenvalue weighted by molar-refractivity contribution is 4.67. The zero-order valence-corrected chi connectivity index (χ0v) is 12.3. The van der Waals surface area contributed by atoms with Crippen molar-refractivity contribution in [1.82, 2.24) is 6.15 Å². The van der Waals surface area contributed by atoms with Crippen LogP contribution in [0.15, 0.2) is 10.7 Å². The Kier molecular flexibility index (Phi) is 16.6. The maximum absolute atomic E-state index is 8.00. The van der Waals surface area contributed by atoms with Gasteiger partial charge in [-0.25, -0.2) is 0 Å². The van der Waals surface area contributed by atoms with Crippen molar-refractivity contribution in [2.75, 3.05) is 0 Å². The standard InChI is InChI=1S/C12H23N.2HNO2.H3N/c1-3-7-11(8-4-1)13-12-9-5-2-6-10-12;2*2-1-3;/h11-13H,1-10H2;2*(H,2,3);1H3. The van der Waals surface area contributed by atoms with Gasteiger partial charge in [-0.3, -0.25) is 0 Å². The molecule has 0 saturated heterocycles. The van der Waals surface area contributed by atoms with Gasteiger partial charge in [0.25, 0.3) is 0 Å². The lowest BCUT2D eigenvalue weighted by Crippen LogP contribution is -2.95. The molecule has 8 heteroatoms. The summed E-state index contributed by atoms with van der Waals surface area (Å²) in [7, 11) is 0. The number of nitrogens with zero attached hydrogens (tertiary/aromatic N) is 2. The topological polar surface area (TPSA) is 158 Å². The summed E-state index contributed by atoms with van der Waals surface area (Å²) in [4.78, 5) is 16.0. The third-order valence-electron chi connectivity index (χ3n) is 3.84. The van der Waals surface area contributed by atoms with E-state index < -0.39 is 0 Å². The molecule has 0 bridgehead atoms. The molecular formula is C12H28N4O4. The van der Waals surface area contributed by atoms with Gasteiger partial charge in [0.05, 0.1) is 12.1 Å². The van der Waals surface area contributed by atoms with Gasteiger partial charge in [0.2, 0.25) is 0 Å². The van der Waals surface area contributed by atoms with Crippen LogP contribution in [-0.4, -0.2) is 12.1 Å². The Hall–Kier alpha value is -1.28. The Morgan fingerprint density at radius 3 is 1.20 bits per heavy atom. The quantitative estimate of drug-likeness (QED) is 0.591. The molecule has 2 aliphatic carbocycles. The van der Waals surface area contributed by atoms with Crippen LogP contribution in [0.1, 0.15) is 64.2 Å². The van der Waals surface area contributed by atoms with Crippen molar-refractivity contribution < 1.29 is 5.32 Å². The largest absolute Gasteiger partial charge is 0.444 e. The Labute approximate surface area is 119 Å². The van der Waals surface area contributed by atoms with Crippen molar-refractivity contribution in [1.29, 1.82) is 0 Å². The lowest BCUT2D eigenvalue weighted by Gasteiger charge is -2.27. The predicted octanol–water partition coefficient (Wildman–Crippen LogP) is 3.09. The minimum absolute atomic E-state index is 0.